The number of anilines is 1. The molecule has 0 fully saturated rings. The van der Waals surface area contributed by atoms with Crippen molar-refractivity contribution in [3.05, 3.63) is 59.8 Å². The van der Waals surface area contributed by atoms with Crippen LogP contribution in [0.25, 0.3) is 0 Å². The van der Waals surface area contributed by atoms with Gasteiger partial charge in [0.1, 0.15) is 11.4 Å². The largest absolute Gasteiger partial charge is 0.389 e. The zero-order valence-electron chi connectivity index (χ0n) is 16.0. The van der Waals surface area contributed by atoms with Gasteiger partial charge in [0.25, 0.3) is 5.91 Å². The maximum Gasteiger partial charge on any atom is 0.256 e. The molecule has 0 bridgehead atoms. The Morgan fingerprint density at radius 1 is 1.29 bits per heavy atom. The first-order chi connectivity index (χ1) is 13.2. The number of likely N-dealkylation sites (N-methyl/N-ethyl adjacent to an activating group) is 1. The average Bonchev–Trinajstić information content (AvgIpc) is 2.65. The molecule has 28 heavy (non-hydrogen) atoms. The van der Waals surface area contributed by atoms with Crippen LogP contribution in [0.2, 0.25) is 0 Å². The van der Waals surface area contributed by atoms with Crippen molar-refractivity contribution in [1.82, 2.24) is 9.99 Å². The van der Waals surface area contributed by atoms with Gasteiger partial charge in [-0.3, -0.25) is 15.2 Å². The minimum atomic E-state index is -1.52. The van der Waals surface area contributed by atoms with Gasteiger partial charge in [0.15, 0.2) is 18.2 Å². The number of hydrogen-bond donors (Lipinski definition) is 4. The first-order valence-electron chi connectivity index (χ1n) is 8.51. The van der Waals surface area contributed by atoms with E-state index in [-0.39, 0.29) is 24.0 Å². The quantitative estimate of drug-likeness (QED) is 0.247. The van der Waals surface area contributed by atoms with E-state index >= 15 is 0 Å². The number of nitrogens with two attached hydrogens (primary N) is 1. The third-order valence-electron chi connectivity index (χ3n) is 3.60. The third-order valence-corrected chi connectivity index (χ3v) is 3.60. The summed E-state index contributed by atoms with van der Waals surface area (Å²) in [6, 6.07) is 14.1. The zero-order valence-corrected chi connectivity index (χ0v) is 16.0. The van der Waals surface area contributed by atoms with Crippen LogP contribution in [0.3, 0.4) is 0 Å². The highest BCUT2D eigenvalue weighted by atomic mass is 16.6. The lowest BCUT2D eigenvalue weighted by Gasteiger charge is -2.16. The number of carbonyl (C=O) groups is 1. The van der Waals surface area contributed by atoms with Crippen LogP contribution in [0.5, 0.6) is 0 Å². The molecule has 9 heteroatoms. The van der Waals surface area contributed by atoms with Gasteiger partial charge < -0.3 is 15.3 Å². The van der Waals surface area contributed by atoms with Gasteiger partial charge in [0.2, 0.25) is 0 Å². The van der Waals surface area contributed by atoms with Crippen molar-refractivity contribution in [1.29, 1.82) is 5.41 Å². The maximum absolute atomic E-state index is 11.9. The number of pyridine rings is 1. The molecular weight excluding hydrogens is 360 g/mol. The summed E-state index contributed by atoms with van der Waals surface area (Å²) >= 11 is 0. The molecule has 9 nitrogen and oxygen atoms in total. The summed E-state index contributed by atoms with van der Waals surface area (Å²) in [4.78, 5) is 21.5. The SMILES string of the molecule is CN(N)C(=N)/C(=N\OCc1cccc(NC(=O)C(C)(C)O)n1)c1ccccc1. The Bertz CT molecular complexity index is 859. The molecule has 2 aromatic rings. The number of aliphatic hydroxyl groups is 1. The van der Waals surface area contributed by atoms with Crippen LogP contribution in [0, 0.1) is 5.41 Å². The molecule has 0 saturated heterocycles. The second-order valence-electron chi connectivity index (χ2n) is 6.57. The van der Waals surface area contributed by atoms with Crippen molar-refractivity contribution in [3.8, 4) is 0 Å². The van der Waals surface area contributed by atoms with E-state index in [4.69, 9.17) is 16.1 Å². The minimum Gasteiger partial charge on any atom is -0.389 e. The Balaban J connectivity index is 2.12. The number of aromatic nitrogens is 1. The smallest absolute Gasteiger partial charge is 0.256 e. The van der Waals surface area contributed by atoms with Crippen molar-refractivity contribution in [3.63, 3.8) is 0 Å². The van der Waals surface area contributed by atoms with E-state index in [1.54, 1.807) is 30.3 Å². The number of rotatable bonds is 7. The Labute approximate surface area is 163 Å². The molecule has 1 heterocycles. The average molecular weight is 384 g/mol. The first-order valence-corrected chi connectivity index (χ1v) is 8.51. The van der Waals surface area contributed by atoms with Gasteiger partial charge >= 0.3 is 0 Å². The molecule has 0 spiro atoms. The molecule has 0 unspecified atom stereocenters. The zero-order chi connectivity index (χ0) is 20.7. The molecule has 0 atom stereocenters. The number of hydrogen-bond acceptors (Lipinski definition) is 7. The minimum absolute atomic E-state index is 0.00893. The van der Waals surface area contributed by atoms with Crippen LogP contribution < -0.4 is 11.2 Å². The van der Waals surface area contributed by atoms with Crippen LogP contribution >= 0.6 is 0 Å². The van der Waals surface area contributed by atoms with Gasteiger partial charge in [-0.1, -0.05) is 41.6 Å². The lowest BCUT2D eigenvalue weighted by atomic mass is 10.1. The predicted octanol–water partition coefficient (Wildman–Crippen LogP) is 1.49. The summed E-state index contributed by atoms with van der Waals surface area (Å²) in [5.41, 5.74) is -0.0455. The molecule has 0 aliphatic heterocycles. The van der Waals surface area contributed by atoms with E-state index in [2.05, 4.69) is 15.5 Å². The first kappa shape index (κ1) is 21.0. The molecule has 0 aliphatic carbocycles. The van der Waals surface area contributed by atoms with Crippen LogP contribution in [0.15, 0.2) is 53.7 Å². The van der Waals surface area contributed by atoms with E-state index in [1.807, 2.05) is 18.2 Å². The highest BCUT2D eigenvalue weighted by molar-refractivity contribution is 6.46. The van der Waals surface area contributed by atoms with E-state index in [0.717, 1.165) is 5.01 Å². The normalized spacial score (nSPS) is 11.7. The fourth-order valence-electron chi connectivity index (χ4n) is 2.06. The van der Waals surface area contributed by atoms with E-state index in [9.17, 15) is 9.90 Å². The summed E-state index contributed by atoms with van der Waals surface area (Å²) in [5.74, 6) is 5.37. The van der Waals surface area contributed by atoms with Crippen molar-refractivity contribution >= 4 is 23.3 Å². The molecule has 148 valence electrons. The van der Waals surface area contributed by atoms with Crippen LogP contribution in [-0.4, -0.2) is 45.2 Å². The Morgan fingerprint density at radius 3 is 2.57 bits per heavy atom. The molecule has 5 N–H and O–H groups in total. The van der Waals surface area contributed by atoms with Crippen LogP contribution in [0.4, 0.5) is 5.82 Å². The van der Waals surface area contributed by atoms with E-state index in [1.165, 1.54) is 20.9 Å². The number of amidine groups is 1. The van der Waals surface area contributed by atoms with Gasteiger partial charge in [0.05, 0.1) is 5.69 Å². The van der Waals surface area contributed by atoms with Gasteiger partial charge in [-0.25, -0.2) is 10.8 Å². The van der Waals surface area contributed by atoms with E-state index in [0.29, 0.717) is 11.3 Å². The summed E-state index contributed by atoms with van der Waals surface area (Å²) in [6.45, 7) is 2.79. The Kier molecular flexibility index (Phi) is 6.80. The number of hydrazine groups is 1. The second kappa shape index (κ2) is 9.07. The number of nitrogens with zero attached hydrogens (tertiary/aromatic N) is 3. The topological polar surface area (TPSA) is 137 Å². The van der Waals surface area contributed by atoms with Crippen LogP contribution in [0.1, 0.15) is 25.1 Å². The summed E-state index contributed by atoms with van der Waals surface area (Å²) in [5, 5.41) is 25.5. The summed E-state index contributed by atoms with van der Waals surface area (Å²) in [7, 11) is 1.54. The molecule has 1 aromatic carbocycles. The molecule has 2 rings (SSSR count). The Hall–Kier alpha value is -3.30. The maximum atomic E-state index is 11.9. The third kappa shape index (κ3) is 5.86. The lowest BCUT2D eigenvalue weighted by Crippen LogP contribution is -2.38. The highest BCUT2D eigenvalue weighted by Gasteiger charge is 2.24. The number of oxime groups is 1. The number of nitrogens with one attached hydrogen (secondary N) is 2. The summed E-state index contributed by atoms with van der Waals surface area (Å²) in [6.07, 6.45) is 0. The van der Waals surface area contributed by atoms with Crippen molar-refractivity contribution in [2.45, 2.75) is 26.1 Å². The number of amides is 1. The molecule has 0 aliphatic rings. The molecule has 0 radical (unpaired) electrons. The van der Waals surface area contributed by atoms with E-state index < -0.39 is 11.5 Å². The predicted molar refractivity (Wildman–Crippen MR) is 107 cm³/mol. The second-order valence-corrected chi connectivity index (χ2v) is 6.57. The highest BCUT2D eigenvalue weighted by Crippen LogP contribution is 2.11. The van der Waals surface area contributed by atoms with Gasteiger partial charge in [-0.2, -0.15) is 0 Å². The molecule has 0 saturated carbocycles. The molecule has 1 aromatic heterocycles. The fourth-order valence-corrected chi connectivity index (χ4v) is 2.06. The van der Waals surface area contributed by atoms with Crippen molar-refractivity contribution < 1.29 is 14.7 Å². The van der Waals surface area contributed by atoms with Gasteiger partial charge in [-0.05, 0) is 26.0 Å². The number of benzene rings is 1. The standard InChI is InChI=1S/C19H24N6O3/c1-19(2,27)18(26)23-15-11-7-10-14(22-15)12-28-24-16(17(20)25(3)21)13-8-5-4-6-9-13/h4-11,20,27H,12,21H2,1-3H3,(H,22,23,26)/b20-17?,24-16-. The van der Waals surface area contributed by atoms with Crippen molar-refractivity contribution in [2.75, 3.05) is 12.4 Å². The van der Waals surface area contributed by atoms with Crippen LogP contribution in [-0.2, 0) is 16.2 Å². The van der Waals surface area contributed by atoms with Crippen molar-refractivity contribution in [2.24, 2.45) is 11.0 Å². The fraction of sp³-hybridized carbons (Fsp3) is 0.263. The number of carbonyl (C=O) groups excluding carboxylic acids is 1. The Morgan fingerprint density at radius 2 is 1.96 bits per heavy atom. The monoisotopic (exact) mass is 384 g/mol. The molecule has 1 amide bonds. The molecular formula is C19H24N6O3. The van der Waals surface area contributed by atoms with Gasteiger partial charge in [-0.15, -0.1) is 0 Å². The summed E-state index contributed by atoms with van der Waals surface area (Å²) < 4.78 is 0. The van der Waals surface area contributed by atoms with Gasteiger partial charge in [0, 0.05) is 12.6 Å². The lowest BCUT2D eigenvalue weighted by molar-refractivity contribution is -0.130.